The fraction of sp³-hybridized carbons (Fsp3) is 1.00. The van der Waals surface area contributed by atoms with Crippen LogP contribution in [0.3, 0.4) is 0 Å². The molecule has 0 unspecified atom stereocenters. The molecule has 0 aromatic rings. The average Bonchev–Trinajstić information content (AvgIpc) is 2.39. The largest absolute Gasteiger partial charge is 0.0620 e. The molecular weight excluding hydrogens is 192 g/mol. The highest BCUT2D eigenvalue weighted by Crippen LogP contribution is 2.40. The molecule has 0 aromatic carbocycles. The van der Waals surface area contributed by atoms with Crippen LogP contribution in [0.15, 0.2) is 0 Å². The molecule has 0 spiro atoms. The number of hydrogen-bond acceptors (Lipinski definition) is 0. The third-order valence-corrected chi connectivity index (χ3v) is 5.62. The van der Waals surface area contributed by atoms with E-state index in [2.05, 4.69) is 13.8 Å². The molecule has 0 aliphatic heterocycles. The third kappa shape index (κ3) is 3.02. The minimum Gasteiger partial charge on any atom is -0.0620 e. The molecular formula is C16H30. The Bertz CT molecular complexity index is 162. The summed E-state index contributed by atoms with van der Waals surface area (Å²) < 4.78 is 0. The van der Waals surface area contributed by atoms with Crippen molar-refractivity contribution in [1.82, 2.24) is 0 Å². The van der Waals surface area contributed by atoms with Crippen molar-refractivity contribution in [1.29, 1.82) is 0 Å². The summed E-state index contributed by atoms with van der Waals surface area (Å²) in [7, 11) is 0. The molecule has 0 saturated heterocycles. The maximum Gasteiger partial charge on any atom is -0.0386 e. The van der Waals surface area contributed by atoms with E-state index in [-0.39, 0.29) is 0 Å². The minimum absolute atomic E-state index is 0.989. The molecule has 2 saturated carbocycles. The van der Waals surface area contributed by atoms with Crippen molar-refractivity contribution in [2.45, 2.75) is 78.1 Å². The summed E-state index contributed by atoms with van der Waals surface area (Å²) >= 11 is 0. The zero-order valence-electron chi connectivity index (χ0n) is 11.4. The summed E-state index contributed by atoms with van der Waals surface area (Å²) in [5.41, 5.74) is 0. The average molecular weight is 222 g/mol. The molecule has 0 radical (unpaired) electrons. The molecule has 0 heterocycles. The molecule has 2 fully saturated rings. The van der Waals surface area contributed by atoms with Gasteiger partial charge in [-0.05, 0) is 23.7 Å². The fourth-order valence-corrected chi connectivity index (χ4v) is 4.18. The lowest BCUT2D eigenvalue weighted by molar-refractivity contribution is 0.133. The molecule has 94 valence electrons. The van der Waals surface area contributed by atoms with Crippen molar-refractivity contribution in [2.75, 3.05) is 0 Å². The second-order valence-corrected chi connectivity index (χ2v) is 6.51. The molecule has 2 aliphatic rings. The van der Waals surface area contributed by atoms with Gasteiger partial charge in [0.2, 0.25) is 0 Å². The zero-order chi connectivity index (χ0) is 11.4. The third-order valence-electron chi connectivity index (χ3n) is 5.62. The summed E-state index contributed by atoms with van der Waals surface area (Å²) in [6.45, 7) is 5.10. The first-order valence-corrected chi connectivity index (χ1v) is 7.79. The van der Waals surface area contributed by atoms with Gasteiger partial charge in [0.25, 0.3) is 0 Å². The Kier molecular flexibility index (Phi) is 4.73. The molecule has 16 heavy (non-hydrogen) atoms. The normalized spacial score (nSPS) is 28.9. The van der Waals surface area contributed by atoms with Crippen LogP contribution in [0.4, 0.5) is 0 Å². The van der Waals surface area contributed by atoms with Crippen molar-refractivity contribution in [3.8, 4) is 0 Å². The Morgan fingerprint density at radius 2 is 0.875 bits per heavy atom. The number of rotatable bonds is 3. The minimum atomic E-state index is 0.989. The highest BCUT2D eigenvalue weighted by molar-refractivity contribution is 4.80. The van der Waals surface area contributed by atoms with Gasteiger partial charge in [-0.25, -0.2) is 0 Å². The summed E-state index contributed by atoms with van der Waals surface area (Å²) in [6, 6.07) is 0. The first-order valence-electron chi connectivity index (χ1n) is 7.79. The lowest BCUT2D eigenvalue weighted by Crippen LogP contribution is -2.27. The fourth-order valence-electron chi connectivity index (χ4n) is 4.18. The summed E-state index contributed by atoms with van der Waals surface area (Å²) in [5.74, 6) is 4.10. The maximum absolute atomic E-state index is 2.55. The lowest BCUT2D eigenvalue weighted by atomic mass is 9.68. The Hall–Kier alpha value is 0. The highest BCUT2D eigenvalue weighted by atomic mass is 14.3. The van der Waals surface area contributed by atoms with E-state index in [1.54, 1.807) is 0 Å². The van der Waals surface area contributed by atoms with Crippen LogP contribution in [0, 0.1) is 23.7 Å². The predicted molar refractivity (Wildman–Crippen MR) is 71.5 cm³/mol. The van der Waals surface area contributed by atoms with Crippen LogP contribution in [-0.2, 0) is 0 Å². The van der Waals surface area contributed by atoms with Gasteiger partial charge in [-0.2, -0.15) is 0 Å². The molecule has 0 N–H and O–H groups in total. The Labute approximate surface area is 102 Å². The van der Waals surface area contributed by atoms with E-state index in [4.69, 9.17) is 0 Å². The summed E-state index contributed by atoms with van der Waals surface area (Å²) in [6.07, 6.45) is 15.1. The molecule has 0 amide bonds. The Balaban J connectivity index is 1.84. The monoisotopic (exact) mass is 222 g/mol. The molecule has 0 heteroatoms. The van der Waals surface area contributed by atoms with Gasteiger partial charge >= 0.3 is 0 Å². The lowest BCUT2D eigenvalue weighted by Gasteiger charge is -2.37. The van der Waals surface area contributed by atoms with Crippen LogP contribution >= 0.6 is 0 Å². The van der Waals surface area contributed by atoms with E-state index < -0.39 is 0 Å². The molecule has 0 bridgehead atoms. The quantitative estimate of drug-likeness (QED) is 0.598. The van der Waals surface area contributed by atoms with Crippen molar-refractivity contribution in [3.05, 3.63) is 0 Å². The van der Waals surface area contributed by atoms with E-state index >= 15 is 0 Å². The van der Waals surface area contributed by atoms with Crippen molar-refractivity contribution < 1.29 is 0 Å². The van der Waals surface area contributed by atoms with E-state index in [1.807, 2.05) is 0 Å². The van der Waals surface area contributed by atoms with Gasteiger partial charge in [0.1, 0.15) is 0 Å². The van der Waals surface area contributed by atoms with Gasteiger partial charge in [0.15, 0.2) is 0 Å². The molecule has 2 rings (SSSR count). The molecule has 2 atom stereocenters. The van der Waals surface area contributed by atoms with Crippen molar-refractivity contribution in [2.24, 2.45) is 23.7 Å². The summed E-state index contributed by atoms with van der Waals surface area (Å²) in [4.78, 5) is 0. The van der Waals surface area contributed by atoms with Gasteiger partial charge < -0.3 is 0 Å². The van der Waals surface area contributed by atoms with Gasteiger partial charge in [0.05, 0.1) is 0 Å². The van der Waals surface area contributed by atoms with Crippen LogP contribution in [0.5, 0.6) is 0 Å². The zero-order valence-corrected chi connectivity index (χ0v) is 11.4. The Morgan fingerprint density at radius 3 is 1.19 bits per heavy atom. The van der Waals surface area contributed by atoms with Crippen LogP contribution in [0.1, 0.15) is 78.1 Å². The topological polar surface area (TPSA) is 0 Å². The second kappa shape index (κ2) is 6.07. The van der Waals surface area contributed by atoms with Crippen LogP contribution in [-0.4, -0.2) is 0 Å². The van der Waals surface area contributed by atoms with E-state index in [1.165, 1.54) is 64.2 Å². The van der Waals surface area contributed by atoms with Crippen molar-refractivity contribution in [3.63, 3.8) is 0 Å². The maximum atomic E-state index is 2.55. The standard InChI is InChI=1S/C16H30/c1-13(15-9-5-3-6-10-15)14(2)16-11-7-4-8-12-16/h13-16H,3-12H2,1-2H3/t13-,14-/m1/s1. The van der Waals surface area contributed by atoms with Crippen LogP contribution in [0.25, 0.3) is 0 Å². The molecule has 0 aromatic heterocycles. The predicted octanol–water partition coefficient (Wildman–Crippen LogP) is 5.42. The van der Waals surface area contributed by atoms with E-state index in [9.17, 15) is 0 Å². The highest BCUT2D eigenvalue weighted by Gasteiger charge is 2.29. The van der Waals surface area contributed by atoms with Gasteiger partial charge in [-0.15, -0.1) is 0 Å². The van der Waals surface area contributed by atoms with Crippen LogP contribution in [0.2, 0.25) is 0 Å². The first-order chi connectivity index (χ1) is 7.79. The number of hydrogen-bond donors (Lipinski definition) is 0. The van der Waals surface area contributed by atoms with Gasteiger partial charge in [0, 0.05) is 0 Å². The molecule has 0 nitrogen and oxygen atoms in total. The van der Waals surface area contributed by atoms with E-state index in [0.29, 0.717) is 0 Å². The Morgan fingerprint density at radius 1 is 0.562 bits per heavy atom. The van der Waals surface area contributed by atoms with Gasteiger partial charge in [-0.1, -0.05) is 78.1 Å². The molecule has 2 aliphatic carbocycles. The first kappa shape index (κ1) is 12.5. The summed E-state index contributed by atoms with van der Waals surface area (Å²) in [5, 5.41) is 0. The van der Waals surface area contributed by atoms with Crippen molar-refractivity contribution >= 4 is 0 Å². The van der Waals surface area contributed by atoms with Crippen LogP contribution < -0.4 is 0 Å². The smallest absolute Gasteiger partial charge is 0.0386 e. The second-order valence-electron chi connectivity index (χ2n) is 6.51. The van der Waals surface area contributed by atoms with E-state index in [0.717, 1.165) is 23.7 Å². The van der Waals surface area contributed by atoms with Gasteiger partial charge in [-0.3, -0.25) is 0 Å². The SMILES string of the molecule is C[C@@H](C1CCCCC1)[C@@H](C)C1CCCCC1.